The first-order valence-electron chi connectivity index (χ1n) is 7.15. The average Bonchev–Trinajstić information content (AvgIpc) is 2.44. The Labute approximate surface area is 115 Å². The van der Waals surface area contributed by atoms with Gasteiger partial charge in [0.05, 0.1) is 0 Å². The summed E-state index contributed by atoms with van der Waals surface area (Å²) in [4.78, 5) is 0. The zero-order chi connectivity index (χ0) is 13.7. The van der Waals surface area contributed by atoms with Crippen LogP contribution in [0.15, 0.2) is 36.4 Å². The molecular weight excluding hydrogens is 234 g/mol. The highest BCUT2D eigenvalue weighted by Gasteiger charge is 2.08. The molecule has 0 amide bonds. The van der Waals surface area contributed by atoms with Crippen LogP contribution in [0.3, 0.4) is 0 Å². The van der Waals surface area contributed by atoms with Crippen LogP contribution in [-0.2, 0) is 6.54 Å². The Kier molecular flexibility index (Phi) is 4.80. The number of aromatic hydroxyl groups is 1. The third kappa shape index (κ3) is 3.48. The Balaban J connectivity index is 2.13. The molecule has 0 radical (unpaired) electrons. The summed E-state index contributed by atoms with van der Waals surface area (Å²) in [6.45, 7) is 5.14. The molecule has 2 aromatic rings. The third-order valence-electron chi connectivity index (χ3n) is 3.63. The van der Waals surface area contributed by atoms with Gasteiger partial charge in [-0.05, 0) is 30.2 Å². The Bertz CT molecular complexity index is 536. The van der Waals surface area contributed by atoms with E-state index in [4.69, 9.17) is 0 Å². The van der Waals surface area contributed by atoms with Crippen molar-refractivity contribution in [2.75, 3.05) is 0 Å². The van der Waals surface area contributed by atoms with E-state index >= 15 is 0 Å². The van der Waals surface area contributed by atoms with Gasteiger partial charge < -0.3 is 10.4 Å². The maximum absolute atomic E-state index is 10.1. The maximum atomic E-state index is 10.1. The third-order valence-corrected chi connectivity index (χ3v) is 3.63. The van der Waals surface area contributed by atoms with E-state index in [1.807, 2.05) is 18.2 Å². The molecule has 2 heteroatoms. The van der Waals surface area contributed by atoms with Crippen molar-refractivity contribution in [2.45, 2.75) is 45.7 Å². The number of phenolic OH excluding ortho intramolecular Hbond substituents is 1. The van der Waals surface area contributed by atoms with Crippen LogP contribution in [0.4, 0.5) is 0 Å². The van der Waals surface area contributed by atoms with Crippen molar-refractivity contribution in [3.8, 4) is 5.75 Å². The number of unbranched alkanes of at least 4 members (excludes halogenated alkanes) is 1. The fourth-order valence-corrected chi connectivity index (χ4v) is 2.40. The normalized spacial score (nSPS) is 12.7. The Morgan fingerprint density at radius 1 is 1.16 bits per heavy atom. The zero-order valence-electron chi connectivity index (χ0n) is 11.8. The largest absolute Gasteiger partial charge is 0.508 e. The topological polar surface area (TPSA) is 32.3 Å². The molecule has 0 aliphatic rings. The summed E-state index contributed by atoms with van der Waals surface area (Å²) < 4.78 is 0. The summed E-state index contributed by atoms with van der Waals surface area (Å²) in [5.74, 6) is 0.383. The molecule has 0 heterocycles. The van der Waals surface area contributed by atoms with Gasteiger partial charge in [0.2, 0.25) is 0 Å². The SMILES string of the molecule is CCCCC(C)NCc1c(O)ccc2ccccc12. The van der Waals surface area contributed by atoms with Gasteiger partial charge in [0.1, 0.15) is 5.75 Å². The van der Waals surface area contributed by atoms with E-state index in [0.717, 1.165) is 17.5 Å². The number of hydrogen-bond acceptors (Lipinski definition) is 2. The predicted molar refractivity (Wildman–Crippen MR) is 81.4 cm³/mol. The molecule has 0 saturated heterocycles. The molecule has 0 bridgehead atoms. The van der Waals surface area contributed by atoms with E-state index in [1.165, 1.54) is 24.6 Å². The maximum Gasteiger partial charge on any atom is 0.120 e. The second-order valence-corrected chi connectivity index (χ2v) is 5.21. The van der Waals surface area contributed by atoms with Gasteiger partial charge >= 0.3 is 0 Å². The molecule has 1 atom stereocenters. The number of fused-ring (bicyclic) bond motifs is 1. The molecule has 0 fully saturated rings. The first-order chi connectivity index (χ1) is 9.22. The quantitative estimate of drug-likeness (QED) is 0.812. The first-order valence-corrected chi connectivity index (χ1v) is 7.15. The van der Waals surface area contributed by atoms with E-state index in [0.29, 0.717) is 11.8 Å². The second kappa shape index (κ2) is 6.58. The first kappa shape index (κ1) is 13.9. The van der Waals surface area contributed by atoms with Crippen LogP contribution >= 0.6 is 0 Å². The van der Waals surface area contributed by atoms with Crippen molar-refractivity contribution in [2.24, 2.45) is 0 Å². The molecular formula is C17H23NO. The van der Waals surface area contributed by atoms with Gasteiger partial charge in [-0.3, -0.25) is 0 Å². The van der Waals surface area contributed by atoms with E-state index in [2.05, 4.69) is 31.3 Å². The minimum atomic E-state index is 0.383. The van der Waals surface area contributed by atoms with Crippen molar-refractivity contribution in [3.05, 3.63) is 42.0 Å². The molecule has 1 unspecified atom stereocenters. The standard InChI is InChI=1S/C17H23NO/c1-3-4-7-13(2)18-12-16-15-9-6-5-8-14(15)10-11-17(16)19/h5-6,8-11,13,18-19H,3-4,7,12H2,1-2H3. The number of phenols is 1. The lowest BCUT2D eigenvalue weighted by Crippen LogP contribution is -2.25. The molecule has 0 aliphatic heterocycles. The number of benzene rings is 2. The summed E-state index contributed by atoms with van der Waals surface area (Å²) in [5.41, 5.74) is 1.00. The minimum absolute atomic E-state index is 0.383. The van der Waals surface area contributed by atoms with Gasteiger partial charge in [0.15, 0.2) is 0 Å². The molecule has 2 rings (SSSR count). The Morgan fingerprint density at radius 3 is 2.74 bits per heavy atom. The highest BCUT2D eigenvalue weighted by molar-refractivity contribution is 5.87. The lowest BCUT2D eigenvalue weighted by molar-refractivity contribution is 0.453. The fourth-order valence-electron chi connectivity index (χ4n) is 2.40. The summed E-state index contributed by atoms with van der Waals surface area (Å²) in [7, 11) is 0. The Morgan fingerprint density at radius 2 is 1.95 bits per heavy atom. The van der Waals surface area contributed by atoms with Gasteiger partial charge in [-0.2, -0.15) is 0 Å². The lowest BCUT2D eigenvalue weighted by Gasteiger charge is -2.15. The van der Waals surface area contributed by atoms with E-state index in [-0.39, 0.29) is 0 Å². The summed E-state index contributed by atoms with van der Waals surface area (Å²) in [6, 6.07) is 12.4. The van der Waals surface area contributed by atoms with Gasteiger partial charge in [-0.1, -0.05) is 50.1 Å². The molecule has 2 aromatic carbocycles. The average molecular weight is 257 g/mol. The molecule has 2 nitrogen and oxygen atoms in total. The zero-order valence-corrected chi connectivity index (χ0v) is 11.8. The molecule has 19 heavy (non-hydrogen) atoms. The van der Waals surface area contributed by atoms with Crippen LogP contribution in [0.25, 0.3) is 10.8 Å². The fraction of sp³-hybridized carbons (Fsp3) is 0.412. The van der Waals surface area contributed by atoms with Crippen molar-refractivity contribution in [3.63, 3.8) is 0 Å². The Hall–Kier alpha value is -1.54. The van der Waals surface area contributed by atoms with Gasteiger partial charge in [0, 0.05) is 18.2 Å². The van der Waals surface area contributed by atoms with Crippen LogP contribution in [-0.4, -0.2) is 11.1 Å². The van der Waals surface area contributed by atoms with Crippen molar-refractivity contribution in [1.82, 2.24) is 5.32 Å². The van der Waals surface area contributed by atoms with Gasteiger partial charge in [-0.15, -0.1) is 0 Å². The number of nitrogens with one attached hydrogen (secondary N) is 1. The molecule has 0 spiro atoms. The molecule has 102 valence electrons. The smallest absolute Gasteiger partial charge is 0.120 e. The van der Waals surface area contributed by atoms with Crippen LogP contribution in [0.5, 0.6) is 5.75 Å². The molecule has 0 saturated carbocycles. The van der Waals surface area contributed by atoms with E-state index in [9.17, 15) is 5.11 Å². The highest BCUT2D eigenvalue weighted by Crippen LogP contribution is 2.27. The molecule has 0 aliphatic carbocycles. The van der Waals surface area contributed by atoms with Crippen molar-refractivity contribution >= 4 is 10.8 Å². The van der Waals surface area contributed by atoms with E-state index < -0.39 is 0 Å². The van der Waals surface area contributed by atoms with Crippen LogP contribution in [0.2, 0.25) is 0 Å². The predicted octanol–water partition coefficient (Wildman–Crippen LogP) is 4.21. The molecule has 2 N–H and O–H groups in total. The van der Waals surface area contributed by atoms with E-state index in [1.54, 1.807) is 6.07 Å². The highest BCUT2D eigenvalue weighted by atomic mass is 16.3. The molecule has 0 aromatic heterocycles. The summed E-state index contributed by atoms with van der Waals surface area (Å²) in [6.07, 6.45) is 3.66. The number of rotatable bonds is 6. The minimum Gasteiger partial charge on any atom is -0.508 e. The lowest BCUT2D eigenvalue weighted by atomic mass is 10.0. The second-order valence-electron chi connectivity index (χ2n) is 5.21. The van der Waals surface area contributed by atoms with Crippen LogP contribution < -0.4 is 5.32 Å². The van der Waals surface area contributed by atoms with Crippen LogP contribution in [0.1, 0.15) is 38.7 Å². The van der Waals surface area contributed by atoms with Gasteiger partial charge in [0.25, 0.3) is 0 Å². The van der Waals surface area contributed by atoms with Crippen LogP contribution in [0, 0.1) is 0 Å². The van der Waals surface area contributed by atoms with Crippen molar-refractivity contribution in [1.29, 1.82) is 0 Å². The monoisotopic (exact) mass is 257 g/mol. The summed E-state index contributed by atoms with van der Waals surface area (Å²) >= 11 is 0. The summed E-state index contributed by atoms with van der Waals surface area (Å²) in [5, 5.41) is 15.9. The number of hydrogen-bond donors (Lipinski definition) is 2. The van der Waals surface area contributed by atoms with Crippen molar-refractivity contribution < 1.29 is 5.11 Å². The van der Waals surface area contributed by atoms with Gasteiger partial charge in [-0.25, -0.2) is 0 Å².